The molecule has 1 fully saturated rings. The van der Waals surface area contributed by atoms with E-state index in [0.29, 0.717) is 17.9 Å². The van der Waals surface area contributed by atoms with Gasteiger partial charge in [0, 0.05) is 16.0 Å². The van der Waals surface area contributed by atoms with Crippen molar-refractivity contribution in [1.82, 2.24) is 4.90 Å². The number of esters is 1. The summed E-state index contributed by atoms with van der Waals surface area (Å²) >= 11 is 11.5. The lowest BCUT2D eigenvalue weighted by Gasteiger charge is -2.43. The largest absolute Gasteiger partial charge is 0.469 e. The van der Waals surface area contributed by atoms with Gasteiger partial charge >= 0.3 is 5.97 Å². The molecule has 168 valence electrons. The Morgan fingerprint density at radius 2 is 1.71 bits per heavy atom. The Morgan fingerprint density at radius 1 is 1.10 bits per heavy atom. The molecule has 7 heteroatoms. The summed E-state index contributed by atoms with van der Waals surface area (Å²) in [6.07, 6.45) is 2.10. The van der Waals surface area contributed by atoms with Crippen LogP contribution in [0.25, 0.3) is 0 Å². The summed E-state index contributed by atoms with van der Waals surface area (Å²) in [6, 6.07) is 16.5. The molecule has 3 atom stereocenters. The van der Waals surface area contributed by atoms with Crippen LogP contribution in [0.2, 0.25) is 10.0 Å². The number of amides is 1. The normalized spacial score (nSPS) is 19.3. The van der Waals surface area contributed by atoms with E-state index in [-0.39, 0.29) is 42.9 Å². The molecule has 0 aromatic heterocycles. The van der Waals surface area contributed by atoms with Crippen molar-refractivity contribution in [3.63, 3.8) is 0 Å². The van der Waals surface area contributed by atoms with Gasteiger partial charge in [-0.3, -0.25) is 9.59 Å². The van der Waals surface area contributed by atoms with Gasteiger partial charge in [0.15, 0.2) is 0 Å². The highest BCUT2D eigenvalue weighted by Gasteiger charge is 2.40. The number of piperidine rings is 1. The molecule has 0 aliphatic carbocycles. The first-order chi connectivity index (χ1) is 14.9. The van der Waals surface area contributed by atoms with Gasteiger partial charge in [-0.25, -0.2) is 0 Å². The lowest BCUT2D eigenvalue weighted by Crippen LogP contribution is -2.50. The van der Waals surface area contributed by atoms with Crippen molar-refractivity contribution in [2.24, 2.45) is 5.92 Å². The number of halogens is 2. The summed E-state index contributed by atoms with van der Waals surface area (Å²) in [5.74, 6) is -0.857. The number of nitrogens with zero attached hydrogens (tertiary/aromatic N) is 1. The van der Waals surface area contributed by atoms with Gasteiger partial charge < -0.3 is 14.7 Å². The molecule has 1 saturated heterocycles. The fourth-order valence-electron chi connectivity index (χ4n) is 3.73. The Kier molecular flexibility index (Phi) is 10.3. The molecule has 2 aromatic rings. The Hall–Kier alpha value is -2.08. The average molecular weight is 466 g/mol. The number of methoxy groups -OCH3 is 1. The smallest absolute Gasteiger partial charge is 0.306 e. The fourth-order valence-corrected chi connectivity index (χ4v) is 4.01. The second kappa shape index (κ2) is 12.7. The Bertz CT molecular complexity index is 825. The van der Waals surface area contributed by atoms with E-state index in [1.54, 1.807) is 17.0 Å². The first kappa shape index (κ1) is 25.2. The van der Waals surface area contributed by atoms with Crippen LogP contribution in [0.5, 0.6) is 0 Å². The van der Waals surface area contributed by atoms with Crippen LogP contribution in [-0.2, 0) is 14.3 Å². The van der Waals surface area contributed by atoms with E-state index in [9.17, 15) is 14.7 Å². The zero-order chi connectivity index (χ0) is 22.8. The number of hydrogen-bond acceptors (Lipinski definition) is 4. The third kappa shape index (κ3) is 7.23. The molecule has 31 heavy (non-hydrogen) atoms. The lowest BCUT2D eigenvalue weighted by atomic mass is 9.85. The minimum atomic E-state index is -0.387. The minimum Gasteiger partial charge on any atom is -0.469 e. The molecule has 1 heterocycles. The molecule has 0 radical (unpaired) electrons. The second-order valence-electron chi connectivity index (χ2n) is 7.41. The van der Waals surface area contributed by atoms with Crippen LogP contribution in [0.15, 0.2) is 54.6 Å². The summed E-state index contributed by atoms with van der Waals surface area (Å²) in [5, 5.41) is 11.2. The van der Waals surface area contributed by atoms with E-state index < -0.39 is 0 Å². The van der Waals surface area contributed by atoms with Crippen LogP contribution < -0.4 is 0 Å². The van der Waals surface area contributed by atoms with E-state index >= 15 is 0 Å². The van der Waals surface area contributed by atoms with E-state index in [0.717, 1.165) is 17.0 Å². The lowest BCUT2D eigenvalue weighted by molar-refractivity contribution is -0.153. The molecular formula is C24H29Cl2NO4. The van der Waals surface area contributed by atoms with Gasteiger partial charge in [0.25, 0.3) is 0 Å². The number of carbonyl (C=O) groups excluding carboxylic acids is 2. The number of ether oxygens (including phenoxy) is 1. The molecule has 2 aromatic carbocycles. The van der Waals surface area contributed by atoms with Crippen LogP contribution in [0.1, 0.15) is 44.2 Å². The van der Waals surface area contributed by atoms with E-state index in [4.69, 9.17) is 27.9 Å². The van der Waals surface area contributed by atoms with Crippen molar-refractivity contribution in [3.05, 3.63) is 70.2 Å². The summed E-state index contributed by atoms with van der Waals surface area (Å²) < 4.78 is 4.70. The number of benzene rings is 2. The Balaban J connectivity index is 0.000000412. The van der Waals surface area contributed by atoms with Gasteiger partial charge in [-0.05, 0) is 49.1 Å². The standard InChI is InChI=1S/C18H24ClNO4.C6H5Cl/c1-3-15(11-21)20-16(12-4-7-14(19)8-5-12)9-6-13(18(20)23)10-17(22)24-2;7-6-4-2-1-3-5-6/h4-5,7-8,13,15-16,21H,3,6,9-11H2,1-2H3;1-5H/t13-,15?,16?;/m1./s1. The second-order valence-corrected chi connectivity index (χ2v) is 8.28. The Morgan fingerprint density at radius 3 is 2.19 bits per heavy atom. The molecule has 0 saturated carbocycles. The van der Waals surface area contributed by atoms with E-state index in [1.165, 1.54) is 7.11 Å². The van der Waals surface area contributed by atoms with E-state index in [2.05, 4.69) is 0 Å². The van der Waals surface area contributed by atoms with Crippen LogP contribution in [0.3, 0.4) is 0 Å². The predicted octanol–water partition coefficient (Wildman–Crippen LogP) is 5.29. The molecular weight excluding hydrogens is 437 g/mol. The van der Waals surface area contributed by atoms with Gasteiger partial charge in [-0.1, -0.05) is 60.5 Å². The number of carbonyl (C=O) groups is 2. The molecule has 5 nitrogen and oxygen atoms in total. The first-order valence-electron chi connectivity index (χ1n) is 10.4. The van der Waals surface area contributed by atoms with Crippen LogP contribution in [-0.4, -0.2) is 41.6 Å². The average Bonchev–Trinajstić information content (AvgIpc) is 2.78. The third-order valence-electron chi connectivity index (χ3n) is 5.43. The molecule has 1 amide bonds. The number of rotatable bonds is 6. The molecule has 0 bridgehead atoms. The van der Waals surface area contributed by atoms with Crippen molar-refractivity contribution in [3.8, 4) is 0 Å². The summed E-state index contributed by atoms with van der Waals surface area (Å²) in [4.78, 5) is 26.3. The van der Waals surface area contributed by atoms with Gasteiger partial charge in [-0.2, -0.15) is 0 Å². The fraction of sp³-hybridized carbons (Fsp3) is 0.417. The SMILES string of the molecule is CCC(CO)N1C(=O)[C@@H](CC(=O)OC)CCC1c1ccc(Cl)cc1.Clc1ccccc1. The maximum Gasteiger partial charge on any atom is 0.306 e. The van der Waals surface area contributed by atoms with Gasteiger partial charge in [-0.15, -0.1) is 0 Å². The van der Waals surface area contributed by atoms with Crippen LogP contribution in [0, 0.1) is 5.92 Å². The highest BCUT2D eigenvalue weighted by atomic mass is 35.5. The number of hydrogen-bond donors (Lipinski definition) is 1. The maximum absolute atomic E-state index is 13.0. The maximum atomic E-state index is 13.0. The Labute approximate surface area is 193 Å². The molecule has 1 N–H and O–H groups in total. The summed E-state index contributed by atoms with van der Waals surface area (Å²) in [7, 11) is 1.33. The van der Waals surface area contributed by atoms with E-state index in [1.807, 2.05) is 49.4 Å². The number of likely N-dealkylation sites (tertiary alicyclic amines) is 1. The van der Waals surface area contributed by atoms with Crippen molar-refractivity contribution in [2.45, 2.75) is 44.7 Å². The molecule has 3 rings (SSSR count). The van der Waals surface area contributed by atoms with Crippen molar-refractivity contribution in [2.75, 3.05) is 13.7 Å². The van der Waals surface area contributed by atoms with Crippen molar-refractivity contribution in [1.29, 1.82) is 0 Å². The summed E-state index contributed by atoms with van der Waals surface area (Å²) in [6.45, 7) is 1.84. The van der Waals surface area contributed by atoms with Gasteiger partial charge in [0.05, 0.1) is 32.2 Å². The van der Waals surface area contributed by atoms with Crippen LogP contribution >= 0.6 is 23.2 Å². The topological polar surface area (TPSA) is 66.8 Å². The zero-order valence-electron chi connectivity index (χ0n) is 17.8. The zero-order valence-corrected chi connectivity index (χ0v) is 19.4. The third-order valence-corrected chi connectivity index (χ3v) is 5.94. The minimum absolute atomic E-state index is 0.0844. The highest BCUT2D eigenvalue weighted by molar-refractivity contribution is 6.30. The van der Waals surface area contributed by atoms with Crippen molar-refractivity contribution < 1.29 is 19.4 Å². The highest BCUT2D eigenvalue weighted by Crippen LogP contribution is 2.38. The number of aliphatic hydroxyl groups excluding tert-OH is 1. The van der Waals surface area contributed by atoms with Crippen molar-refractivity contribution >= 4 is 35.1 Å². The van der Waals surface area contributed by atoms with Gasteiger partial charge in [0.2, 0.25) is 5.91 Å². The molecule has 1 aliphatic rings. The first-order valence-corrected chi connectivity index (χ1v) is 11.1. The van der Waals surface area contributed by atoms with Crippen LogP contribution in [0.4, 0.5) is 0 Å². The molecule has 0 spiro atoms. The summed E-state index contributed by atoms with van der Waals surface area (Å²) in [5.41, 5.74) is 0.996. The molecule has 2 unspecified atom stereocenters. The predicted molar refractivity (Wildman–Crippen MR) is 123 cm³/mol. The monoisotopic (exact) mass is 465 g/mol. The quantitative estimate of drug-likeness (QED) is 0.588. The molecule has 1 aliphatic heterocycles. The van der Waals surface area contributed by atoms with Gasteiger partial charge in [0.1, 0.15) is 0 Å². The number of aliphatic hydroxyl groups is 1.